The third-order valence-corrected chi connectivity index (χ3v) is 5.89. The fourth-order valence-corrected chi connectivity index (χ4v) is 3.87. The molecule has 0 bridgehead atoms. The molecule has 2 amide bonds. The molecule has 4 rings (SSSR count). The van der Waals surface area contributed by atoms with Crippen LogP contribution < -0.4 is 4.74 Å². The van der Waals surface area contributed by atoms with Crippen molar-refractivity contribution < 1.29 is 24.3 Å². The quantitative estimate of drug-likeness (QED) is 0.445. The Morgan fingerprint density at radius 2 is 1.72 bits per heavy atom. The van der Waals surface area contributed by atoms with E-state index in [1.54, 1.807) is 19.2 Å². The van der Waals surface area contributed by atoms with Crippen LogP contribution in [0.2, 0.25) is 5.02 Å². The number of urea groups is 1. The highest BCUT2D eigenvalue weighted by atomic mass is 35.5. The number of ether oxygens (including phenoxy) is 1. The number of piperidine rings is 1. The van der Waals surface area contributed by atoms with Gasteiger partial charge in [0.05, 0.1) is 7.11 Å². The number of nitrogens with zero attached hydrogens (tertiary/aromatic N) is 3. The van der Waals surface area contributed by atoms with Gasteiger partial charge in [0.25, 0.3) is 0 Å². The molecule has 2 heterocycles. The first-order chi connectivity index (χ1) is 15.3. The summed E-state index contributed by atoms with van der Waals surface area (Å²) in [4.78, 5) is 18.2. The Balaban J connectivity index is 1.70. The fraction of sp³-hybridized carbons (Fsp3) is 0.304. The first-order valence-corrected chi connectivity index (χ1v) is 10.5. The Morgan fingerprint density at radius 3 is 2.28 bits per heavy atom. The van der Waals surface area contributed by atoms with E-state index >= 15 is 0 Å². The lowest BCUT2D eigenvalue weighted by atomic mass is 9.91. The molecule has 1 aromatic heterocycles. The van der Waals surface area contributed by atoms with Gasteiger partial charge in [-0.15, -0.1) is 0 Å². The van der Waals surface area contributed by atoms with Gasteiger partial charge in [-0.05, 0) is 48.5 Å². The minimum Gasteiger partial charge on any atom is -0.497 e. The summed E-state index contributed by atoms with van der Waals surface area (Å²) in [6.07, 6.45) is 0.463. The number of benzene rings is 2. The Kier molecular flexibility index (Phi) is 6.10. The smallest absolute Gasteiger partial charge is 0.343 e. The number of methoxy groups -OCH3 is 1. The number of aromatic nitrogens is 1. The van der Waals surface area contributed by atoms with Crippen LogP contribution in [0.1, 0.15) is 18.7 Å². The summed E-state index contributed by atoms with van der Waals surface area (Å²) in [5, 5.41) is 21.9. The zero-order chi connectivity index (χ0) is 22.9. The third kappa shape index (κ3) is 4.29. The number of hydroxylamine groups is 2. The zero-order valence-corrected chi connectivity index (χ0v) is 18.5. The van der Waals surface area contributed by atoms with Crippen molar-refractivity contribution in [2.45, 2.75) is 18.4 Å². The van der Waals surface area contributed by atoms with Crippen LogP contribution in [0.5, 0.6) is 5.75 Å². The molecule has 2 aromatic carbocycles. The van der Waals surface area contributed by atoms with E-state index in [1.165, 1.54) is 11.9 Å². The third-order valence-electron chi connectivity index (χ3n) is 5.63. The van der Waals surface area contributed by atoms with Gasteiger partial charge in [-0.1, -0.05) is 11.6 Å². The summed E-state index contributed by atoms with van der Waals surface area (Å²) in [5.41, 5.74) is 0.837. The number of oxazole rings is 1. The highest BCUT2D eigenvalue weighted by Gasteiger charge is 2.41. The molecule has 0 atom stereocenters. The maximum Gasteiger partial charge on any atom is 0.343 e. The van der Waals surface area contributed by atoms with Crippen molar-refractivity contribution in [3.63, 3.8) is 0 Å². The summed E-state index contributed by atoms with van der Waals surface area (Å²) in [6.45, 7) is 0.521. The topological polar surface area (TPSA) is 99.3 Å². The first-order valence-electron chi connectivity index (χ1n) is 10.2. The van der Waals surface area contributed by atoms with Gasteiger partial charge in [-0.25, -0.2) is 14.8 Å². The zero-order valence-electron chi connectivity index (χ0n) is 17.8. The van der Waals surface area contributed by atoms with Gasteiger partial charge >= 0.3 is 6.03 Å². The highest BCUT2D eigenvalue weighted by molar-refractivity contribution is 6.30. The molecular formula is C23H24ClN3O5. The van der Waals surface area contributed by atoms with Crippen LogP contribution in [0.15, 0.2) is 52.9 Å². The van der Waals surface area contributed by atoms with Gasteiger partial charge in [0.2, 0.25) is 5.89 Å². The monoisotopic (exact) mass is 457 g/mol. The van der Waals surface area contributed by atoms with E-state index < -0.39 is 11.6 Å². The Labute approximate surface area is 190 Å². The lowest BCUT2D eigenvalue weighted by Crippen LogP contribution is -2.48. The van der Waals surface area contributed by atoms with E-state index in [1.807, 2.05) is 36.4 Å². The number of hydrogen-bond donors (Lipinski definition) is 2. The number of rotatable bonds is 4. The molecule has 0 saturated carbocycles. The van der Waals surface area contributed by atoms with Crippen molar-refractivity contribution in [3.05, 3.63) is 59.4 Å². The number of halogens is 1. The molecule has 9 heteroatoms. The van der Waals surface area contributed by atoms with E-state index in [-0.39, 0.29) is 31.8 Å². The molecule has 0 unspecified atom stereocenters. The lowest BCUT2D eigenvalue weighted by Gasteiger charge is -2.36. The average molecular weight is 458 g/mol. The van der Waals surface area contributed by atoms with Crippen molar-refractivity contribution >= 4 is 17.6 Å². The molecule has 0 radical (unpaired) electrons. The first kappa shape index (κ1) is 22.1. The number of hydrogen-bond acceptors (Lipinski definition) is 6. The lowest BCUT2D eigenvalue weighted by molar-refractivity contribution is -0.0639. The van der Waals surface area contributed by atoms with Gasteiger partial charge < -0.3 is 19.2 Å². The average Bonchev–Trinajstić information content (AvgIpc) is 3.26. The van der Waals surface area contributed by atoms with E-state index in [2.05, 4.69) is 4.98 Å². The van der Waals surface area contributed by atoms with Crippen LogP contribution in [0.4, 0.5) is 4.79 Å². The molecule has 32 heavy (non-hydrogen) atoms. The van der Waals surface area contributed by atoms with Crippen LogP contribution in [0.25, 0.3) is 22.6 Å². The van der Waals surface area contributed by atoms with E-state index in [4.69, 9.17) is 20.8 Å². The SMILES string of the molecule is COc1ccc(-c2nc(C3(O)CCN(C(=O)N(C)O)CC3)oc2-c2ccc(Cl)cc2)cc1. The molecule has 1 saturated heterocycles. The molecular weight excluding hydrogens is 434 g/mol. The van der Waals surface area contributed by atoms with E-state index in [0.717, 1.165) is 16.9 Å². The van der Waals surface area contributed by atoms with E-state index in [0.29, 0.717) is 21.5 Å². The second-order valence-electron chi connectivity index (χ2n) is 7.76. The van der Waals surface area contributed by atoms with Crippen molar-refractivity contribution in [1.29, 1.82) is 0 Å². The Bertz CT molecular complexity index is 1090. The predicted octanol–water partition coefficient (Wildman–Crippen LogP) is 4.40. The van der Waals surface area contributed by atoms with Crippen molar-refractivity contribution in [1.82, 2.24) is 14.9 Å². The summed E-state index contributed by atoms with van der Waals surface area (Å²) >= 11 is 6.05. The van der Waals surface area contributed by atoms with Gasteiger partial charge in [0, 0.05) is 49.1 Å². The van der Waals surface area contributed by atoms with Gasteiger partial charge in [0.1, 0.15) is 17.0 Å². The van der Waals surface area contributed by atoms with Crippen LogP contribution in [0, 0.1) is 0 Å². The van der Waals surface area contributed by atoms with Gasteiger partial charge in [-0.3, -0.25) is 5.21 Å². The molecule has 3 aromatic rings. The summed E-state index contributed by atoms with van der Waals surface area (Å²) in [6, 6.07) is 14.1. The van der Waals surface area contributed by atoms with Crippen LogP contribution in [-0.4, -0.2) is 58.5 Å². The molecule has 1 aliphatic rings. The van der Waals surface area contributed by atoms with Crippen molar-refractivity contribution in [2.24, 2.45) is 0 Å². The minimum absolute atomic E-state index is 0.192. The van der Waals surface area contributed by atoms with E-state index in [9.17, 15) is 15.1 Å². The number of aliphatic hydroxyl groups is 1. The summed E-state index contributed by atoms with van der Waals surface area (Å²) in [7, 11) is 2.88. The molecule has 8 nitrogen and oxygen atoms in total. The number of carbonyl (C=O) groups excluding carboxylic acids is 1. The van der Waals surface area contributed by atoms with Crippen molar-refractivity contribution in [3.8, 4) is 28.3 Å². The predicted molar refractivity (Wildman–Crippen MR) is 119 cm³/mol. The van der Waals surface area contributed by atoms with Crippen molar-refractivity contribution in [2.75, 3.05) is 27.2 Å². The van der Waals surface area contributed by atoms with Gasteiger partial charge in [-0.2, -0.15) is 0 Å². The standard InChI is InChI=1S/C23H24ClN3O5/c1-26(30)22(28)27-13-11-23(29,12-14-27)21-25-19(15-5-9-18(31-2)10-6-15)20(32-21)16-3-7-17(24)8-4-16/h3-10,29-30H,11-14H2,1-2H3. The molecule has 1 fully saturated rings. The molecule has 0 aliphatic carbocycles. The Morgan fingerprint density at radius 1 is 1.12 bits per heavy atom. The normalized spacial score (nSPS) is 15.5. The summed E-state index contributed by atoms with van der Waals surface area (Å²) < 4.78 is 11.4. The van der Waals surface area contributed by atoms with Crippen LogP contribution in [0.3, 0.4) is 0 Å². The Hall–Kier alpha value is -3.07. The molecule has 0 spiro atoms. The maximum atomic E-state index is 12.0. The highest BCUT2D eigenvalue weighted by Crippen LogP contribution is 2.40. The number of carbonyl (C=O) groups is 1. The largest absolute Gasteiger partial charge is 0.497 e. The van der Waals surface area contributed by atoms with Crippen LogP contribution in [-0.2, 0) is 5.60 Å². The number of amides is 2. The van der Waals surface area contributed by atoms with Gasteiger partial charge in [0.15, 0.2) is 5.76 Å². The number of likely N-dealkylation sites (tertiary alicyclic amines) is 1. The second kappa shape index (κ2) is 8.82. The molecule has 168 valence electrons. The minimum atomic E-state index is -1.34. The van der Waals surface area contributed by atoms with Crippen LogP contribution >= 0.6 is 11.6 Å². The second-order valence-corrected chi connectivity index (χ2v) is 8.19. The molecule has 2 N–H and O–H groups in total. The maximum absolute atomic E-state index is 12.0. The summed E-state index contributed by atoms with van der Waals surface area (Å²) in [5.74, 6) is 1.43. The fourth-order valence-electron chi connectivity index (χ4n) is 3.75. The molecule has 1 aliphatic heterocycles.